The Morgan fingerprint density at radius 2 is 1.41 bits per heavy atom. The second-order valence-corrected chi connectivity index (χ2v) is 9.04. The number of amides is 3. The van der Waals surface area contributed by atoms with Crippen molar-refractivity contribution in [3.63, 3.8) is 0 Å². The van der Waals surface area contributed by atoms with E-state index < -0.39 is 59.9 Å². The van der Waals surface area contributed by atoms with Crippen molar-refractivity contribution in [3.8, 4) is 0 Å². The number of carbonyl (C=O) groups is 4. The summed E-state index contributed by atoms with van der Waals surface area (Å²) >= 11 is 0. The van der Waals surface area contributed by atoms with Gasteiger partial charge in [-0.1, -0.05) is 27.7 Å². The topological polar surface area (TPSA) is 235 Å². The second kappa shape index (κ2) is 15.1. The molecule has 5 unspecified atom stereocenters. The van der Waals surface area contributed by atoms with Crippen LogP contribution in [0.1, 0.15) is 53.9 Å². The van der Waals surface area contributed by atoms with Gasteiger partial charge in [0.1, 0.15) is 18.1 Å². The lowest BCUT2D eigenvalue weighted by molar-refractivity contribution is -0.143. The summed E-state index contributed by atoms with van der Waals surface area (Å²) in [4.78, 5) is 53.3. The molecule has 0 bridgehead atoms. The van der Waals surface area contributed by atoms with Crippen LogP contribution in [0.15, 0.2) is 4.99 Å². The summed E-state index contributed by atoms with van der Waals surface area (Å²) in [5.74, 6) is -3.79. The molecular formula is C21H41N7O6. The van der Waals surface area contributed by atoms with Crippen molar-refractivity contribution in [3.05, 3.63) is 0 Å². The number of carboxylic acids is 1. The van der Waals surface area contributed by atoms with Gasteiger partial charge in [0.2, 0.25) is 17.7 Å². The summed E-state index contributed by atoms with van der Waals surface area (Å²) in [5.41, 5.74) is 16.3. The van der Waals surface area contributed by atoms with Crippen molar-refractivity contribution in [2.24, 2.45) is 34.0 Å². The Hall–Kier alpha value is -2.93. The van der Waals surface area contributed by atoms with Crippen LogP contribution in [-0.2, 0) is 19.2 Å². The molecule has 0 aromatic rings. The molecule has 3 amide bonds. The Labute approximate surface area is 200 Å². The van der Waals surface area contributed by atoms with Crippen LogP contribution < -0.4 is 33.2 Å². The van der Waals surface area contributed by atoms with Crippen LogP contribution in [0.3, 0.4) is 0 Å². The predicted octanol–water partition coefficient (Wildman–Crippen LogP) is -2.01. The number of aliphatic carboxylic acids is 1. The summed E-state index contributed by atoms with van der Waals surface area (Å²) in [7, 11) is 0. The summed E-state index contributed by atoms with van der Waals surface area (Å²) in [6.07, 6.45) is -0.413. The number of carbonyl (C=O) groups excluding carboxylic acids is 3. The van der Waals surface area contributed by atoms with Gasteiger partial charge in [0.15, 0.2) is 5.96 Å². The average Bonchev–Trinajstić information content (AvgIpc) is 2.70. The van der Waals surface area contributed by atoms with E-state index in [0.29, 0.717) is 6.42 Å². The lowest BCUT2D eigenvalue weighted by atomic mass is 9.99. The average molecular weight is 488 g/mol. The molecule has 196 valence electrons. The molecule has 5 atom stereocenters. The van der Waals surface area contributed by atoms with E-state index in [2.05, 4.69) is 20.9 Å². The minimum atomic E-state index is -1.38. The van der Waals surface area contributed by atoms with Gasteiger partial charge in [0.05, 0.1) is 12.1 Å². The highest BCUT2D eigenvalue weighted by atomic mass is 16.4. The first-order chi connectivity index (χ1) is 15.7. The fourth-order valence-corrected chi connectivity index (χ4v) is 3.05. The summed E-state index contributed by atoms with van der Waals surface area (Å²) in [5, 5.41) is 26.8. The number of guanidine groups is 1. The first-order valence-corrected chi connectivity index (χ1v) is 11.3. The van der Waals surface area contributed by atoms with Crippen LogP contribution in [0.5, 0.6) is 0 Å². The molecule has 0 radical (unpaired) electrons. The molecular weight excluding hydrogens is 446 g/mol. The van der Waals surface area contributed by atoms with Gasteiger partial charge in [-0.15, -0.1) is 0 Å². The maximum absolute atomic E-state index is 12.8. The van der Waals surface area contributed by atoms with Gasteiger partial charge >= 0.3 is 5.97 Å². The highest BCUT2D eigenvalue weighted by Crippen LogP contribution is 2.09. The molecule has 0 aliphatic rings. The number of aliphatic hydroxyl groups is 1. The molecule has 0 aliphatic heterocycles. The molecule has 0 spiro atoms. The SMILES string of the molecule is CC(C)CC(NC(=O)C(NC(=O)C(NC(=O)C(N)CCCN=C(N)N)C(C)O)C(C)C)C(=O)O. The smallest absolute Gasteiger partial charge is 0.326 e. The first kappa shape index (κ1) is 31.1. The summed E-state index contributed by atoms with van der Waals surface area (Å²) < 4.78 is 0. The Morgan fingerprint density at radius 3 is 1.85 bits per heavy atom. The van der Waals surface area contributed by atoms with E-state index in [9.17, 15) is 29.4 Å². The molecule has 0 rings (SSSR count). The van der Waals surface area contributed by atoms with Gasteiger partial charge in [0, 0.05) is 6.54 Å². The minimum Gasteiger partial charge on any atom is -0.480 e. The van der Waals surface area contributed by atoms with Crippen molar-refractivity contribution in [2.75, 3.05) is 6.54 Å². The van der Waals surface area contributed by atoms with Crippen molar-refractivity contribution in [1.29, 1.82) is 0 Å². The standard InChI is InChI=1S/C21H41N7O6/c1-10(2)9-14(20(33)34)26-18(31)15(11(3)4)27-19(32)16(12(5)29)28-17(30)13(22)7-6-8-25-21(23)24/h10-16,29H,6-9,22H2,1-5H3,(H,26,31)(H,27,32)(H,28,30)(H,33,34)(H4,23,24,25). The third kappa shape index (κ3) is 11.8. The van der Waals surface area contributed by atoms with E-state index in [4.69, 9.17) is 17.2 Å². The lowest BCUT2D eigenvalue weighted by Crippen LogP contribution is -2.60. The quantitative estimate of drug-likeness (QED) is 0.0722. The van der Waals surface area contributed by atoms with Gasteiger partial charge in [-0.05, 0) is 38.0 Å². The zero-order valence-corrected chi connectivity index (χ0v) is 20.6. The molecule has 0 saturated heterocycles. The van der Waals surface area contributed by atoms with E-state index in [-0.39, 0.29) is 31.3 Å². The fourth-order valence-electron chi connectivity index (χ4n) is 3.05. The zero-order chi connectivity index (χ0) is 26.6. The van der Waals surface area contributed by atoms with Crippen molar-refractivity contribution < 1.29 is 29.4 Å². The van der Waals surface area contributed by atoms with Crippen molar-refractivity contribution in [1.82, 2.24) is 16.0 Å². The molecule has 0 aliphatic carbocycles. The van der Waals surface area contributed by atoms with Crippen LogP contribution in [0.25, 0.3) is 0 Å². The normalized spacial score (nSPS) is 15.6. The predicted molar refractivity (Wildman–Crippen MR) is 127 cm³/mol. The number of nitrogens with two attached hydrogens (primary N) is 3. The van der Waals surface area contributed by atoms with Crippen LogP contribution in [0.4, 0.5) is 0 Å². The first-order valence-electron chi connectivity index (χ1n) is 11.3. The van der Waals surface area contributed by atoms with Gasteiger partial charge in [0.25, 0.3) is 0 Å². The molecule has 11 N–H and O–H groups in total. The van der Waals surface area contributed by atoms with Crippen molar-refractivity contribution in [2.45, 2.75) is 84.2 Å². The maximum Gasteiger partial charge on any atom is 0.326 e. The van der Waals surface area contributed by atoms with Gasteiger partial charge < -0.3 is 43.4 Å². The zero-order valence-electron chi connectivity index (χ0n) is 20.6. The lowest BCUT2D eigenvalue weighted by Gasteiger charge is -2.28. The van der Waals surface area contributed by atoms with Gasteiger partial charge in [-0.2, -0.15) is 0 Å². The third-order valence-corrected chi connectivity index (χ3v) is 4.94. The third-order valence-electron chi connectivity index (χ3n) is 4.94. The number of carboxylic acid groups (broad SMARTS) is 1. The van der Waals surface area contributed by atoms with Crippen LogP contribution in [-0.4, -0.2) is 76.7 Å². The molecule has 34 heavy (non-hydrogen) atoms. The number of nitrogens with one attached hydrogen (secondary N) is 3. The fraction of sp³-hybridized carbons (Fsp3) is 0.762. The van der Waals surface area contributed by atoms with E-state index in [1.54, 1.807) is 13.8 Å². The van der Waals surface area contributed by atoms with Gasteiger partial charge in [-0.3, -0.25) is 19.4 Å². The Bertz CT molecular complexity index is 722. The molecule has 13 heteroatoms. The Balaban J connectivity index is 5.23. The minimum absolute atomic E-state index is 0.0204. The number of aliphatic hydroxyl groups excluding tert-OH is 1. The number of aliphatic imine (C=N–C) groups is 1. The highest BCUT2D eigenvalue weighted by molar-refractivity contribution is 5.94. The largest absolute Gasteiger partial charge is 0.480 e. The molecule has 13 nitrogen and oxygen atoms in total. The van der Waals surface area contributed by atoms with Crippen molar-refractivity contribution >= 4 is 29.7 Å². The number of nitrogens with zero attached hydrogens (tertiary/aromatic N) is 1. The van der Waals surface area contributed by atoms with Crippen LogP contribution in [0, 0.1) is 11.8 Å². The summed E-state index contributed by atoms with van der Waals surface area (Å²) in [6.45, 7) is 8.58. The number of rotatable bonds is 15. The number of hydrogen-bond acceptors (Lipinski definition) is 7. The Morgan fingerprint density at radius 1 is 0.882 bits per heavy atom. The molecule has 0 fully saturated rings. The molecule has 0 saturated carbocycles. The van der Waals surface area contributed by atoms with Gasteiger partial charge in [-0.25, -0.2) is 4.79 Å². The van der Waals surface area contributed by atoms with E-state index in [0.717, 1.165) is 0 Å². The molecule has 0 aromatic carbocycles. The van der Waals surface area contributed by atoms with Crippen LogP contribution >= 0.6 is 0 Å². The highest BCUT2D eigenvalue weighted by Gasteiger charge is 2.33. The Kier molecular flexibility index (Phi) is 13.8. The number of hydrogen-bond donors (Lipinski definition) is 8. The summed E-state index contributed by atoms with van der Waals surface area (Å²) in [6, 6.07) is -4.56. The van der Waals surface area contributed by atoms with E-state index >= 15 is 0 Å². The van der Waals surface area contributed by atoms with E-state index in [1.807, 2.05) is 13.8 Å². The molecule has 0 heterocycles. The maximum atomic E-state index is 12.8. The second-order valence-electron chi connectivity index (χ2n) is 9.04. The van der Waals surface area contributed by atoms with Crippen LogP contribution in [0.2, 0.25) is 0 Å². The monoisotopic (exact) mass is 487 g/mol. The van der Waals surface area contributed by atoms with E-state index in [1.165, 1.54) is 6.92 Å². The molecule has 0 aromatic heterocycles.